The van der Waals surface area contributed by atoms with Crippen LogP contribution in [0.25, 0.3) is 0 Å². The number of carbonyl (C=O) groups is 1. The maximum atomic E-state index is 10.5. The SMILES string of the molecule is C=C(C)C(=O)CS(=O)O. The van der Waals surface area contributed by atoms with Crippen LogP contribution in [0, 0.1) is 0 Å². The molecule has 0 aromatic rings. The van der Waals surface area contributed by atoms with E-state index in [1.165, 1.54) is 6.92 Å². The van der Waals surface area contributed by atoms with Gasteiger partial charge >= 0.3 is 0 Å². The molecule has 0 aromatic carbocycles. The summed E-state index contributed by atoms with van der Waals surface area (Å²) in [7, 11) is 0. The van der Waals surface area contributed by atoms with Crippen LogP contribution in [0.3, 0.4) is 0 Å². The van der Waals surface area contributed by atoms with Gasteiger partial charge in [-0.15, -0.1) is 0 Å². The van der Waals surface area contributed by atoms with Crippen LogP contribution in [-0.2, 0) is 15.9 Å². The Bertz CT molecular complexity index is 162. The fraction of sp³-hybridized carbons (Fsp3) is 0.400. The van der Waals surface area contributed by atoms with Crippen LogP contribution in [0.15, 0.2) is 12.2 Å². The standard InChI is InChI=1S/C5H8O3S/c1-4(2)5(6)3-9(7)8/h1,3H2,2H3,(H,7,8). The smallest absolute Gasteiger partial charge is 0.172 e. The van der Waals surface area contributed by atoms with Gasteiger partial charge in [0.1, 0.15) is 5.75 Å². The van der Waals surface area contributed by atoms with Crippen molar-refractivity contribution < 1.29 is 13.6 Å². The lowest BCUT2D eigenvalue weighted by atomic mass is 10.2. The van der Waals surface area contributed by atoms with Gasteiger partial charge in [0.25, 0.3) is 0 Å². The van der Waals surface area contributed by atoms with Gasteiger partial charge in [-0.1, -0.05) is 6.58 Å². The lowest BCUT2D eigenvalue weighted by molar-refractivity contribution is -0.113. The van der Waals surface area contributed by atoms with Gasteiger partial charge in [0.2, 0.25) is 0 Å². The first kappa shape index (κ1) is 8.52. The molecule has 0 aromatic heterocycles. The number of allylic oxidation sites excluding steroid dienone is 1. The van der Waals surface area contributed by atoms with Crippen LogP contribution in [-0.4, -0.2) is 20.3 Å². The van der Waals surface area contributed by atoms with Crippen LogP contribution < -0.4 is 0 Å². The second kappa shape index (κ2) is 3.53. The summed E-state index contributed by atoms with van der Waals surface area (Å²) in [5.74, 6) is -0.703. The molecule has 4 heteroatoms. The number of rotatable bonds is 3. The summed E-state index contributed by atoms with van der Waals surface area (Å²) in [6.07, 6.45) is 0. The molecule has 1 N–H and O–H groups in total. The Kier molecular flexibility index (Phi) is 3.34. The molecule has 0 heterocycles. The highest BCUT2D eigenvalue weighted by atomic mass is 32.2. The number of Topliss-reactive ketones (excluding diaryl/α,β-unsaturated/α-hetero) is 1. The van der Waals surface area contributed by atoms with Crippen molar-refractivity contribution in [1.29, 1.82) is 0 Å². The minimum absolute atomic E-state index is 0.317. The number of hydrogen-bond donors (Lipinski definition) is 1. The molecule has 3 nitrogen and oxygen atoms in total. The van der Waals surface area contributed by atoms with Gasteiger partial charge in [-0.3, -0.25) is 4.79 Å². The molecule has 0 spiro atoms. The third-order valence-electron chi connectivity index (χ3n) is 0.731. The van der Waals surface area contributed by atoms with Crippen molar-refractivity contribution in [2.45, 2.75) is 6.92 Å². The maximum Gasteiger partial charge on any atom is 0.172 e. The van der Waals surface area contributed by atoms with Crippen molar-refractivity contribution in [3.63, 3.8) is 0 Å². The maximum absolute atomic E-state index is 10.5. The topological polar surface area (TPSA) is 54.4 Å². The Morgan fingerprint density at radius 3 is 2.33 bits per heavy atom. The highest BCUT2D eigenvalue weighted by molar-refractivity contribution is 7.80. The Balaban J connectivity index is 3.79. The first-order valence-corrected chi connectivity index (χ1v) is 3.57. The van der Waals surface area contributed by atoms with E-state index in [0.717, 1.165) is 0 Å². The second-order valence-electron chi connectivity index (χ2n) is 1.67. The minimum Gasteiger partial charge on any atom is -0.306 e. The van der Waals surface area contributed by atoms with Crippen molar-refractivity contribution in [3.8, 4) is 0 Å². The molecule has 1 unspecified atom stereocenters. The van der Waals surface area contributed by atoms with E-state index in [-0.39, 0.29) is 11.5 Å². The normalized spacial score (nSPS) is 12.7. The number of ketones is 1. The van der Waals surface area contributed by atoms with Crippen molar-refractivity contribution in [3.05, 3.63) is 12.2 Å². The molecule has 0 aliphatic carbocycles. The second-order valence-corrected chi connectivity index (χ2v) is 2.60. The predicted octanol–water partition coefficient (Wildman–Crippen LogP) is 0.353. The van der Waals surface area contributed by atoms with Gasteiger partial charge in [0.05, 0.1) is 0 Å². The summed E-state index contributed by atoms with van der Waals surface area (Å²) in [5, 5.41) is 0. The molecule has 0 bridgehead atoms. The first-order chi connectivity index (χ1) is 4.04. The fourth-order valence-corrected chi connectivity index (χ4v) is 0.706. The third kappa shape index (κ3) is 4.05. The van der Waals surface area contributed by atoms with E-state index in [4.69, 9.17) is 4.55 Å². The van der Waals surface area contributed by atoms with E-state index in [1.54, 1.807) is 0 Å². The Morgan fingerprint density at radius 1 is 1.78 bits per heavy atom. The van der Waals surface area contributed by atoms with Crippen molar-refractivity contribution in [1.82, 2.24) is 0 Å². The van der Waals surface area contributed by atoms with E-state index < -0.39 is 11.1 Å². The quantitative estimate of drug-likeness (QED) is 0.464. The monoisotopic (exact) mass is 148 g/mol. The molecular weight excluding hydrogens is 140 g/mol. The van der Waals surface area contributed by atoms with Gasteiger partial charge in [-0.25, -0.2) is 4.21 Å². The van der Waals surface area contributed by atoms with E-state index in [9.17, 15) is 9.00 Å². The minimum atomic E-state index is -2.03. The molecule has 1 atom stereocenters. The third-order valence-corrected chi connectivity index (χ3v) is 1.24. The Hall–Kier alpha value is -0.480. The van der Waals surface area contributed by atoms with Gasteiger partial charge in [0, 0.05) is 0 Å². The van der Waals surface area contributed by atoms with E-state index >= 15 is 0 Å². The molecule has 0 aliphatic rings. The lowest BCUT2D eigenvalue weighted by Gasteiger charge is -1.91. The molecular formula is C5H8O3S. The van der Waals surface area contributed by atoms with Crippen molar-refractivity contribution in [2.75, 3.05) is 5.75 Å². The summed E-state index contributed by atoms with van der Waals surface area (Å²) < 4.78 is 18.1. The largest absolute Gasteiger partial charge is 0.306 e. The molecule has 0 fully saturated rings. The molecule has 0 aliphatic heterocycles. The Labute approximate surface area is 56.0 Å². The van der Waals surface area contributed by atoms with Crippen LogP contribution in [0.5, 0.6) is 0 Å². The number of hydrogen-bond acceptors (Lipinski definition) is 2. The zero-order valence-electron chi connectivity index (χ0n) is 5.09. The summed E-state index contributed by atoms with van der Waals surface area (Å²) in [4.78, 5) is 10.5. The highest BCUT2D eigenvalue weighted by Crippen LogP contribution is 1.90. The average Bonchev–Trinajstić information content (AvgIpc) is 1.63. The average molecular weight is 148 g/mol. The van der Waals surface area contributed by atoms with E-state index in [2.05, 4.69) is 6.58 Å². The molecule has 52 valence electrons. The molecule has 0 radical (unpaired) electrons. The lowest BCUT2D eigenvalue weighted by Crippen LogP contribution is -2.09. The van der Waals surface area contributed by atoms with E-state index in [0.29, 0.717) is 5.57 Å². The summed E-state index contributed by atoms with van der Waals surface area (Å²) >= 11 is -2.03. The molecule has 0 amide bonds. The molecule has 0 rings (SSSR count). The zero-order valence-corrected chi connectivity index (χ0v) is 5.90. The van der Waals surface area contributed by atoms with Crippen LogP contribution in [0.1, 0.15) is 6.92 Å². The first-order valence-electron chi connectivity index (χ1n) is 2.30. The zero-order chi connectivity index (χ0) is 7.44. The highest BCUT2D eigenvalue weighted by Gasteiger charge is 2.04. The molecule has 0 saturated carbocycles. The van der Waals surface area contributed by atoms with Gasteiger partial charge in [-0.05, 0) is 12.5 Å². The molecule has 9 heavy (non-hydrogen) atoms. The summed E-state index contributed by atoms with van der Waals surface area (Å²) in [5.41, 5.74) is 0.317. The fourth-order valence-electron chi connectivity index (χ4n) is 0.235. The summed E-state index contributed by atoms with van der Waals surface area (Å²) in [6, 6.07) is 0. The number of carbonyl (C=O) groups excluding carboxylic acids is 1. The summed E-state index contributed by atoms with van der Waals surface area (Å²) in [6.45, 7) is 4.82. The van der Waals surface area contributed by atoms with Gasteiger partial charge in [-0.2, -0.15) is 0 Å². The Morgan fingerprint density at radius 2 is 2.22 bits per heavy atom. The van der Waals surface area contributed by atoms with Gasteiger partial charge in [0.15, 0.2) is 16.9 Å². The predicted molar refractivity (Wildman–Crippen MR) is 35.5 cm³/mol. The van der Waals surface area contributed by atoms with Crippen molar-refractivity contribution >= 4 is 16.9 Å². The molecule has 0 saturated heterocycles. The van der Waals surface area contributed by atoms with Crippen LogP contribution >= 0.6 is 0 Å². The van der Waals surface area contributed by atoms with E-state index in [1.807, 2.05) is 0 Å². The van der Waals surface area contributed by atoms with Crippen LogP contribution in [0.2, 0.25) is 0 Å². The van der Waals surface area contributed by atoms with Crippen molar-refractivity contribution in [2.24, 2.45) is 0 Å². The van der Waals surface area contributed by atoms with Gasteiger partial charge < -0.3 is 4.55 Å². The van der Waals surface area contributed by atoms with Crippen LogP contribution in [0.4, 0.5) is 0 Å².